The monoisotopic (exact) mass is 339 g/mol. The fourth-order valence-electron chi connectivity index (χ4n) is 1.79. The van der Waals surface area contributed by atoms with Crippen LogP contribution in [-0.4, -0.2) is 34.6 Å². The third-order valence-electron chi connectivity index (χ3n) is 2.94. The molecule has 0 bridgehead atoms. The summed E-state index contributed by atoms with van der Waals surface area (Å²) in [4.78, 5) is 23.1. The minimum atomic E-state index is -1.04. The van der Waals surface area contributed by atoms with Crippen LogP contribution < -0.4 is 10.1 Å². The highest BCUT2D eigenvalue weighted by molar-refractivity contribution is 7.99. The summed E-state index contributed by atoms with van der Waals surface area (Å²) < 4.78 is 5.62. The van der Waals surface area contributed by atoms with Gasteiger partial charge < -0.3 is 15.2 Å². The van der Waals surface area contributed by atoms with Crippen LogP contribution in [0, 0.1) is 5.92 Å². The van der Waals surface area contributed by atoms with Crippen LogP contribution in [0.25, 0.3) is 0 Å². The number of amides is 1. The van der Waals surface area contributed by atoms with E-state index in [1.54, 1.807) is 17.8 Å². The van der Waals surface area contributed by atoms with Crippen molar-refractivity contribution in [3.05, 3.63) is 23.8 Å². The molecule has 0 saturated carbocycles. The number of carbonyl (C=O) groups excluding carboxylic acids is 1. The van der Waals surface area contributed by atoms with Crippen molar-refractivity contribution < 1.29 is 19.4 Å². The average Bonchev–Trinajstić information content (AvgIpc) is 2.44. The molecule has 128 valence electrons. The van der Waals surface area contributed by atoms with E-state index in [0.29, 0.717) is 23.1 Å². The van der Waals surface area contributed by atoms with Crippen molar-refractivity contribution in [1.29, 1.82) is 0 Å². The van der Waals surface area contributed by atoms with E-state index < -0.39 is 5.97 Å². The Morgan fingerprint density at radius 2 is 1.96 bits per heavy atom. The van der Waals surface area contributed by atoms with E-state index in [1.807, 2.05) is 13.8 Å². The molecule has 6 heteroatoms. The molecule has 0 saturated heterocycles. The van der Waals surface area contributed by atoms with Crippen molar-refractivity contribution in [2.75, 3.05) is 16.8 Å². The van der Waals surface area contributed by atoms with Crippen molar-refractivity contribution >= 4 is 29.3 Å². The highest BCUT2D eigenvalue weighted by Crippen LogP contribution is 2.27. The fourth-order valence-corrected chi connectivity index (χ4v) is 2.83. The number of anilines is 1. The molecule has 0 aliphatic heterocycles. The number of benzene rings is 1. The van der Waals surface area contributed by atoms with Gasteiger partial charge in [-0.3, -0.25) is 4.79 Å². The first-order valence-electron chi connectivity index (χ1n) is 7.71. The minimum absolute atomic E-state index is 0.0678. The lowest BCUT2D eigenvalue weighted by Gasteiger charge is -2.15. The minimum Gasteiger partial charge on any atom is -0.489 e. The molecular weight excluding hydrogens is 314 g/mol. The van der Waals surface area contributed by atoms with Crippen LogP contribution >= 0.6 is 11.8 Å². The normalized spacial score (nSPS) is 10.9. The zero-order valence-corrected chi connectivity index (χ0v) is 14.9. The van der Waals surface area contributed by atoms with Crippen molar-refractivity contribution in [3.8, 4) is 5.75 Å². The zero-order chi connectivity index (χ0) is 17.4. The van der Waals surface area contributed by atoms with Gasteiger partial charge in [0, 0.05) is 0 Å². The van der Waals surface area contributed by atoms with E-state index in [4.69, 9.17) is 9.84 Å². The number of rotatable bonds is 9. The number of hydrogen-bond donors (Lipinski definition) is 2. The Bertz CT molecular complexity index is 543. The maximum Gasteiger partial charge on any atom is 0.335 e. The highest BCUT2D eigenvalue weighted by Gasteiger charge is 2.13. The van der Waals surface area contributed by atoms with E-state index in [1.165, 1.54) is 12.1 Å². The van der Waals surface area contributed by atoms with E-state index >= 15 is 0 Å². The fraction of sp³-hybridized carbons (Fsp3) is 0.529. The largest absolute Gasteiger partial charge is 0.489 e. The lowest BCUT2D eigenvalue weighted by atomic mass is 10.2. The SMILES string of the molecule is CC(C)CCSCC(=O)Nc1cc(C(=O)O)ccc1OC(C)C. The van der Waals surface area contributed by atoms with E-state index in [-0.39, 0.29) is 17.6 Å². The lowest BCUT2D eigenvalue weighted by molar-refractivity contribution is -0.113. The Kier molecular flexibility index (Phi) is 7.95. The number of ether oxygens (including phenoxy) is 1. The smallest absolute Gasteiger partial charge is 0.335 e. The number of carbonyl (C=O) groups is 2. The molecule has 0 spiro atoms. The van der Waals surface area contributed by atoms with Crippen molar-refractivity contribution in [2.45, 2.75) is 40.2 Å². The topological polar surface area (TPSA) is 75.6 Å². The molecule has 0 aliphatic rings. The van der Waals surface area contributed by atoms with Crippen LogP contribution in [0.4, 0.5) is 5.69 Å². The predicted octanol–water partition coefficient (Wildman–Crippen LogP) is 3.89. The molecule has 5 nitrogen and oxygen atoms in total. The van der Waals surface area contributed by atoms with Crippen LogP contribution in [-0.2, 0) is 4.79 Å². The summed E-state index contributed by atoms with van der Waals surface area (Å²) in [6, 6.07) is 4.47. The summed E-state index contributed by atoms with van der Waals surface area (Å²) in [6.07, 6.45) is 0.996. The molecule has 23 heavy (non-hydrogen) atoms. The second-order valence-electron chi connectivity index (χ2n) is 5.97. The van der Waals surface area contributed by atoms with E-state index in [0.717, 1.165) is 12.2 Å². The number of carboxylic acid groups (broad SMARTS) is 1. The zero-order valence-electron chi connectivity index (χ0n) is 14.1. The summed E-state index contributed by atoms with van der Waals surface area (Å²) in [5, 5.41) is 11.8. The molecule has 0 fully saturated rings. The molecule has 2 N–H and O–H groups in total. The van der Waals surface area contributed by atoms with Gasteiger partial charge in [0.2, 0.25) is 5.91 Å². The Morgan fingerprint density at radius 3 is 2.52 bits per heavy atom. The third-order valence-corrected chi connectivity index (χ3v) is 3.93. The number of thioether (sulfide) groups is 1. The standard InChI is InChI=1S/C17H25NO4S/c1-11(2)7-8-23-10-16(19)18-14-9-13(17(20)21)5-6-15(14)22-12(3)4/h5-6,9,11-12H,7-8,10H2,1-4H3,(H,18,19)(H,20,21). The van der Waals surface area contributed by atoms with Crippen LogP contribution in [0.1, 0.15) is 44.5 Å². The first-order chi connectivity index (χ1) is 10.8. The van der Waals surface area contributed by atoms with Gasteiger partial charge in [0.1, 0.15) is 5.75 Å². The summed E-state index contributed by atoms with van der Waals surface area (Å²) >= 11 is 1.57. The molecule has 0 heterocycles. The molecular formula is C17H25NO4S. The second-order valence-corrected chi connectivity index (χ2v) is 7.07. The first kappa shape index (κ1) is 19.4. The van der Waals surface area contributed by atoms with Gasteiger partial charge >= 0.3 is 5.97 Å². The first-order valence-corrected chi connectivity index (χ1v) is 8.86. The summed E-state index contributed by atoms with van der Waals surface area (Å²) in [7, 11) is 0. The van der Waals surface area contributed by atoms with Gasteiger partial charge in [0.15, 0.2) is 0 Å². The second kappa shape index (κ2) is 9.45. The van der Waals surface area contributed by atoms with Crippen LogP contribution in [0.2, 0.25) is 0 Å². The van der Waals surface area contributed by atoms with E-state index in [9.17, 15) is 9.59 Å². The molecule has 1 aromatic carbocycles. The molecule has 0 aliphatic carbocycles. The van der Waals surface area contributed by atoms with Crippen LogP contribution in [0.3, 0.4) is 0 Å². The van der Waals surface area contributed by atoms with Crippen molar-refractivity contribution in [1.82, 2.24) is 0 Å². The van der Waals surface area contributed by atoms with Gasteiger partial charge in [-0.05, 0) is 50.1 Å². The number of hydrogen-bond acceptors (Lipinski definition) is 4. The summed E-state index contributed by atoms with van der Waals surface area (Å²) in [6.45, 7) is 8.04. The maximum absolute atomic E-state index is 12.0. The molecule has 1 amide bonds. The number of nitrogens with one attached hydrogen (secondary N) is 1. The number of carboxylic acids is 1. The molecule has 1 aromatic rings. The average molecular weight is 339 g/mol. The van der Waals surface area contributed by atoms with Gasteiger partial charge in [0.05, 0.1) is 23.1 Å². The third kappa shape index (κ3) is 7.41. The molecule has 0 atom stereocenters. The summed E-state index contributed by atoms with van der Waals surface area (Å²) in [5.74, 6) is 1.16. The molecule has 0 radical (unpaired) electrons. The number of aromatic carboxylic acids is 1. The quantitative estimate of drug-likeness (QED) is 0.668. The Morgan fingerprint density at radius 1 is 1.26 bits per heavy atom. The highest BCUT2D eigenvalue weighted by atomic mass is 32.2. The Hall–Kier alpha value is -1.69. The lowest BCUT2D eigenvalue weighted by Crippen LogP contribution is -2.17. The molecule has 0 unspecified atom stereocenters. The predicted molar refractivity (Wildman–Crippen MR) is 94.6 cm³/mol. The van der Waals surface area contributed by atoms with Gasteiger partial charge in [0.25, 0.3) is 0 Å². The van der Waals surface area contributed by atoms with Crippen LogP contribution in [0.5, 0.6) is 5.75 Å². The molecule has 0 aromatic heterocycles. The summed E-state index contributed by atoms with van der Waals surface area (Å²) in [5.41, 5.74) is 0.511. The van der Waals surface area contributed by atoms with Crippen molar-refractivity contribution in [3.63, 3.8) is 0 Å². The molecule has 1 rings (SSSR count). The Labute approximate surface area is 141 Å². The van der Waals surface area contributed by atoms with Gasteiger partial charge in [-0.15, -0.1) is 0 Å². The van der Waals surface area contributed by atoms with Crippen LogP contribution in [0.15, 0.2) is 18.2 Å². The maximum atomic E-state index is 12.0. The van der Waals surface area contributed by atoms with E-state index in [2.05, 4.69) is 19.2 Å². The van der Waals surface area contributed by atoms with Gasteiger partial charge in [-0.2, -0.15) is 11.8 Å². The van der Waals surface area contributed by atoms with Gasteiger partial charge in [-0.1, -0.05) is 13.8 Å². The van der Waals surface area contributed by atoms with Crippen molar-refractivity contribution in [2.24, 2.45) is 5.92 Å². The Balaban J connectivity index is 2.73. The van der Waals surface area contributed by atoms with Gasteiger partial charge in [-0.25, -0.2) is 4.79 Å².